The van der Waals surface area contributed by atoms with Gasteiger partial charge in [-0.05, 0) is 24.3 Å². The molecule has 1 heterocycles. The molecule has 0 unspecified atom stereocenters. The van der Waals surface area contributed by atoms with Crippen LogP contribution in [0.2, 0.25) is 0 Å². The summed E-state index contributed by atoms with van der Waals surface area (Å²) in [5, 5.41) is 4.11. The predicted molar refractivity (Wildman–Crippen MR) is 82.4 cm³/mol. The van der Waals surface area contributed by atoms with E-state index in [-0.39, 0.29) is 0 Å². The zero-order valence-corrected chi connectivity index (χ0v) is 12.9. The third kappa shape index (κ3) is 3.54. The molecule has 2 rings (SSSR count). The summed E-state index contributed by atoms with van der Waals surface area (Å²) in [4.78, 5) is 0.330. The van der Waals surface area contributed by atoms with Crippen LogP contribution >= 0.6 is 28.1 Å². The van der Waals surface area contributed by atoms with Crippen LogP contribution in [0.1, 0.15) is 11.3 Å². The van der Waals surface area contributed by atoms with Crippen molar-refractivity contribution >= 4 is 33.1 Å². The van der Waals surface area contributed by atoms with Crippen molar-refractivity contribution in [3.63, 3.8) is 0 Å². The van der Waals surface area contributed by atoms with E-state index in [4.69, 9.17) is 22.7 Å². The summed E-state index contributed by atoms with van der Waals surface area (Å²) in [6.45, 7) is 0.552. The second-order valence-corrected chi connectivity index (χ2v) is 5.40. The van der Waals surface area contributed by atoms with E-state index in [0.717, 1.165) is 22.2 Å². The van der Waals surface area contributed by atoms with Crippen LogP contribution in [0.25, 0.3) is 0 Å². The first-order chi connectivity index (χ1) is 9.08. The lowest BCUT2D eigenvalue weighted by atomic mass is 10.2. The second kappa shape index (κ2) is 6.16. The van der Waals surface area contributed by atoms with E-state index in [1.165, 1.54) is 0 Å². The molecule has 0 aliphatic carbocycles. The summed E-state index contributed by atoms with van der Waals surface area (Å²) in [5.74, 6) is 0.706. The molecular formula is C13H14BrN3OS. The Balaban J connectivity index is 2.03. The van der Waals surface area contributed by atoms with Crippen LogP contribution in [0, 0.1) is 0 Å². The van der Waals surface area contributed by atoms with Crippen LogP contribution < -0.4 is 10.5 Å². The lowest BCUT2D eigenvalue weighted by molar-refractivity contribution is 0.318. The van der Waals surface area contributed by atoms with E-state index >= 15 is 0 Å². The first-order valence-corrected chi connectivity index (χ1v) is 6.97. The first-order valence-electron chi connectivity index (χ1n) is 5.77. The van der Waals surface area contributed by atoms with Gasteiger partial charge in [-0.2, -0.15) is 5.10 Å². The predicted octanol–water partition coefficient (Wildman–Crippen LogP) is 2.44. The first kappa shape index (κ1) is 14.0. The smallest absolute Gasteiger partial charge is 0.129 e. The van der Waals surface area contributed by atoms with Crippen LogP contribution in [-0.4, -0.2) is 21.4 Å². The van der Waals surface area contributed by atoms with Crippen molar-refractivity contribution < 1.29 is 4.74 Å². The number of nitrogens with two attached hydrogens (primary N) is 1. The fourth-order valence-corrected chi connectivity index (χ4v) is 2.25. The van der Waals surface area contributed by atoms with Crippen molar-refractivity contribution in [2.45, 2.75) is 6.42 Å². The van der Waals surface area contributed by atoms with E-state index in [9.17, 15) is 0 Å². The molecule has 4 nitrogen and oxygen atoms in total. The van der Waals surface area contributed by atoms with Gasteiger partial charge in [0, 0.05) is 29.8 Å². The second-order valence-electron chi connectivity index (χ2n) is 4.05. The summed E-state index contributed by atoms with van der Waals surface area (Å²) in [7, 11) is 1.91. The third-order valence-corrected chi connectivity index (χ3v) is 3.46. The molecule has 0 radical (unpaired) electrons. The molecule has 19 heavy (non-hydrogen) atoms. The molecule has 1 aromatic carbocycles. The largest absolute Gasteiger partial charge is 0.492 e. The Hall–Kier alpha value is -1.40. The van der Waals surface area contributed by atoms with Gasteiger partial charge in [0.1, 0.15) is 10.7 Å². The van der Waals surface area contributed by atoms with Crippen molar-refractivity contribution in [3.8, 4) is 5.75 Å². The molecule has 0 amide bonds. The van der Waals surface area contributed by atoms with Crippen LogP contribution in [-0.2, 0) is 13.5 Å². The fraction of sp³-hybridized carbons (Fsp3) is 0.231. The van der Waals surface area contributed by atoms with Crippen molar-refractivity contribution in [2.24, 2.45) is 12.8 Å². The topological polar surface area (TPSA) is 53.1 Å². The van der Waals surface area contributed by atoms with Gasteiger partial charge in [0.25, 0.3) is 0 Å². The monoisotopic (exact) mass is 339 g/mol. The number of hydrogen-bond acceptors (Lipinski definition) is 3. The molecule has 1 aromatic heterocycles. The Labute approximate surface area is 125 Å². The lowest BCUT2D eigenvalue weighted by Gasteiger charge is -2.11. The normalized spacial score (nSPS) is 10.4. The molecule has 2 aromatic rings. The molecule has 0 saturated carbocycles. The van der Waals surface area contributed by atoms with Gasteiger partial charge in [-0.25, -0.2) is 0 Å². The molecule has 0 aliphatic rings. The minimum atomic E-state index is 0.330. The number of rotatable bonds is 5. The van der Waals surface area contributed by atoms with Gasteiger partial charge >= 0.3 is 0 Å². The van der Waals surface area contributed by atoms with E-state index in [1.807, 2.05) is 36.0 Å². The van der Waals surface area contributed by atoms with Crippen LogP contribution in [0.3, 0.4) is 0 Å². The van der Waals surface area contributed by atoms with Crippen LogP contribution in [0.5, 0.6) is 5.75 Å². The highest BCUT2D eigenvalue weighted by Crippen LogP contribution is 2.23. The molecule has 0 bridgehead atoms. The quantitative estimate of drug-likeness (QED) is 0.850. The van der Waals surface area contributed by atoms with E-state index in [0.29, 0.717) is 17.3 Å². The maximum Gasteiger partial charge on any atom is 0.129 e. The molecular weight excluding hydrogens is 326 g/mol. The van der Waals surface area contributed by atoms with E-state index in [1.54, 1.807) is 6.20 Å². The van der Waals surface area contributed by atoms with Gasteiger partial charge in [-0.3, -0.25) is 4.68 Å². The highest BCUT2D eigenvalue weighted by atomic mass is 79.9. The minimum Gasteiger partial charge on any atom is -0.492 e. The zero-order valence-electron chi connectivity index (χ0n) is 10.5. The summed E-state index contributed by atoms with van der Waals surface area (Å²) in [6, 6.07) is 7.60. The number of nitrogens with zero attached hydrogens (tertiary/aromatic N) is 2. The maximum atomic E-state index is 5.75. The number of benzene rings is 1. The average molecular weight is 340 g/mol. The van der Waals surface area contributed by atoms with Gasteiger partial charge in [-0.1, -0.05) is 28.1 Å². The highest BCUT2D eigenvalue weighted by Gasteiger charge is 2.08. The van der Waals surface area contributed by atoms with Crippen LogP contribution in [0.15, 0.2) is 34.9 Å². The number of hydrogen-bond donors (Lipinski definition) is 1. The number of aromatic nitrogens is 2. The Kier molecular flexibility index (Phi) is 4.55. The van der Waals surface area contributed by atoms with Crippen molar-refractivity contribution in [1.29, 1.82) is 0 Å². The number of halogens is 1. The Morgan fingerprint density at radius 3 is 2.89 bits per heavy atom. The van der Waals surface area contributed by atoms with E-state index < -0.39 is 0 Å². The summed E-state index contributed by atoms with van der Waals surface area (Å²) >= 11 is 8.41. The minimum absolute atomic E-state index is 0.330. The van der Waals surface area contributed by atoms with Crippen molar-refractivity contribution in [1.82, 2.24) is 9.78 Å². The molecule has 0 atom stereocenters. The summed E-state index contributed by atoms with van der Waals surface area (Å²) in [5.41, 5.74) is 7.55. The summed E-state index contributed by atoms with van der Waals surface area (Å²) in [6.07, 6.45) is 2.55. The number of aryl methyl sites for hydroxylation is 1. The van der Waals surface area contributed by atoms with Crippen molar-refractivity contribution in [2.75, 3.05) is 6.61 Å². The zero-order chi connectivity index (χ0) is 13.8. The Morgan fingerprint density at radius 2 is 2.26 bits per heavy atom. The average Bonchev–Trinajstić information content (AvgIpc) is 2.77. The molecule has 0 saturated heterocycles. The van der Waals surface area contributed by atoms with Crippen molar-refractivity contribution in [3.05, 3.63) is 46.2 Å². The Morgan fingerprint density at radius 1 is 1.47 bits per heavy atom. The molecule has 6 heteroatoms. The number of thiocarbonyl (C=S) groups is 1. The molecule has 0 spiro atoms. The third-order valence-electron chi connectivity index (χ3n) is 2.75. The maximum absolute atomic E-state index is 5.75. The molecule has 0 aliphatic heterocycles. The van der Waals surface area contributed by atoms with Crippen LogP contribution in [0.4, 0.5) is 0 Å². The SMILES string of the molecule is Cn1nccc1CCOc1ccc(Br)cc1C(N)=S. The van der Waals surface area contributed by atoms with Gasteiger partial charge in [0.2, 0.25) is 0 Å². The summed E-state index contributed by atoms with van der Waals surface area (Å²) < 4.78 is 8.51. The molecule has 0 fully saturated rings. The Bertz CT molecular complexity index is 597. The van der Waals surface area contributed by atoms with Gasteiger partial charge in [0.05, 0.1) is 12.2 Å². The van der Waals surface area contributed by atoms with Gasteiger partial charge < -0.3 is 10.5 Å². The van der Waals surface area contributed by atoms with E-state index in [2.05, 4.69) is 21.0 Å². The highest BCUT2D eigenvalue weighted by molar-refractivity contribution is 9.10. The standard InChI is InChI=1S/C13H14BrN3OS/c1-17-10(4-6-16-17)5-7-18-12-3-2-9(14)8-11(12)13(15)19/h2-4,6,8H,5,7H2,1H3,(H2,15,19). The molecule has 2 N–H and O–H groups in total. The fourth-order valence-electron chi connectivity index (χ4n) is 1.73. The lowest BCUT2D eigenvalue weighted by Crippen LogP contribution is -2.13. The molecule has 100 valence electrons. The van der Waals surface area contributed by atoms with Gasteiger partial charge in [-0.15, -0.1) is 0 Å². The number of ether oxygens (including phenoxy) is 1. The van der Waals surface area contributed by atoms with Gasteiger partial charge in [0.15, 0.2) is 0 Å².